The Balaban J connectivity index is 1.71. The van der Waals surface area contributed by atoms with Gasteiger partial charge < -0.3 is 4.90 Å². The lowest BCUT2D eigenvalue weighted by atomic mass is 9.87. The quantitative estimate of drug-likeness (QED) is 0.796. The monoisotopic (exact) mass is 394 g/mol. The topological polar surface area (TPSA) is 40.6 Å². The maximum absolute atomic E-state index is 13.4. The minimum Gasteiger partial charge on any atom is -0.369 e. The number of hydrogen-bond acceptors (Lipinski definition) is 3. The van der Waals surface area contributed by atoms with E-state index in [0.717, 1.165) is 17.7 Å². The van der Waals surface area contributed by atoms with Gasteiger partial charge in [-0.2, -0.15) is 4.31 Å². The zero-order valence-corrected chi connectivity index (χ0v) is 16.6. The predicted molar refractivity (Wildman–Crippen MR) is 102 cm³/mol. The van der Waals surface area contributed by atoms with Crippen LogP contribution in [0.1, 0.15) is 26.3 Å². The van der Waals surface area contributed by atoms with E-state index < -0.39 is 21.7 Å². The van der Waals surface area contributed by atoms with Gasteiger partial charge in [0.2, 0.25) is 10.0 Å². The van der Waals surface area contributed by atoms with Crippen LogP contribution in [0, 0.1) is 11.6 Å². The van der Waals surface area contributed by atoms with Gasteiger partial charge in [-0.3, -0.25) is 0 Å². The SMILES string of the molecule is CC(C)(C)c1ccc(S(=O)(=O)N2CCN(c3ccc(F)c(F)c3)CC2)cc1. The second kappa shape index (κ2) is 7.20. The van der Waals surface area contributed by atoms with Gasteiger partial charge in [-0.25, -0.2) is 17.2 Å². The number of rotatable bonds is 3. The lowest BCUT2D eigenvalue weighted by molar-refractivity contribution is 0.384. The first-order chi connectivity index (χ1) is 12.6. The summed E-state index contributed by atoms with van der Waals surface area (Å²) in [5.74, 6) is -1.79. The molecule has 7 heteroatoms. The van der Waals surface area contributed by atoms with Crippen LogP contribution in [0.2, 0.25) is 0 Å². The molecule has 2 aromatic carbocycles. The number of sulfonamides is 1. The minimum absolute atomic E-state index is 0.0433. The lowest BCUT2D eigenvalue weighted by Crippen LogP contribution is -2.48. The summed E-state index contributed by atoms with van der Waals surface area (Å²) < 4.78 is 53.7. The van der Waals surface area contributed by atoms with Crippen LogP contribution in [0.5, 0.6) is 0 Å². The van der Waals surface area contributed by atoms with Gasteiger partial charge in [0.05, 0.1) is 4.90 Å². The van der Waals surface area contributed by atoms with Gasteiger partial charge in [0.1, 0.15) is 0 Å². The zero-order valence-electron chi connectivity index (χ0n) is 15.7. The summed E-state index contributed by atoms with van der Waals surface area (Å²) in [6.07, 6.45) is 0. The van der Waals surface area contributed by atoms with Crippen LogP contribution >= 0.6 is 0 Å². The summed E-state index contributed by atoms with van der Waals surface area (Å²) >= 11 is 0. The fourth-order valence-electron chi connectivity index (χ4n) is 3.14. The van der Waals surface area contributed by atoms with Gasteiger partial charge in [0.15, 0.2) is 11.6 Å². The number of anilines is 1. The highest BCUT2D eigenvalue weighted by Gasteiger charge is 2.29. The standard InChI is InChI=1S/C20H24F2N2O2S/c1-20(2,3)15-4-7-17(8-5-15)27(25,26)24-12-10-23(11-13-24)16-6-9-18(21)19(22)14-16/h4-9,14H,10-13H2,1-3H3. The maximum Gasteiger partial charge on any atom is 0.243 e. The Morgan fingerprint density at radius 2 is 1.44 bits per heavy atom. The molecular weight excluding hydrogens is 370 g/mol. The molecule has 0 bridgehead atoms. The molecule has 1 heterocycles. The summed E-state index contributed by atoms with van der Waals surface area (Å²) in [4.78, 5) is 2.13. The Morgan fingerprint density at radius 3 is 1.96 bits per heavy atom. The average Bonchev–Trinajstić information content (AvgIpc) is 2.63. The average molecular weight is 394 g/mol. The molecule has 0 amide bonds. The van der Waals surface area contributed by atoms with Crippen LogP contribution in [0.15, 0.2) is 47.4 Å². The van der Waals surface area contributed by atoms with Gasteiger partial charge in [-0.15, -0.1) is 0 Å². The first-order valence-corrected chi connectivity index (χ1v) is 10.3. The van der Waals surface area contributed by atoms with Crippen LogP contribution in [-0.2, 0) is 15.4 Å². The molecule has 3 rings (SSSR count). The smallest absolute Gasteiger partial charge is 0.243 e. The molecule has 0 N–H and O–H groups in total. The van der Waals surface area contributed by atoms with Crippen LogP contribution in [0.3, 0.4) is 0 Å². The van der Waals surface area contributed by atoms with Crippen molar-refractivity contribution < 1.29 is 17.2 Å². The number of piperazine rings is 1. The molecule has 0 unspecified atom stereocenters. The third kappa shape index (κ3) is 4.14. The molecule has 0 atom stereocenters. The molecule has 27 heavy (non-hydrogen) atoms. The van der Waals surface area contributed by atoms with Crippen molar-refractivity contribution in [3.05, 3.63) is 59.7 Å². The second-order valence-electron chi connectivity index (χ2n) is 7.76. The molecule has 4 nitrogen and oxygen atoms in total. The van der Waals surface area contributed by atoms with E-state index in [1.165, 1.54) is 10.4 Å². The van der Waals surface area contributed by atoms with Crippen molar-refractivity contribution in [1.82, 2.24) is 4.31 Å². The van der Waals surface area contributed by atoms with Crippen LogP contribution in [0.25, 0.3) is 0 Å². The van der Waals surface area contributed by atoms with E-state index in [4.69, 9.17) is 0 Å². The van der Waals surface area contributed by atoms with Gasteiger partial charge in [0.25, 0.3) is 0 Å². The molecule has 1 aliphatic heterocycles. The number of hydrogen-bond donors (Lipinski definition) is 0. The first kappa shape index (κ1) is 19.8. The summed E-state index contributed by atoms with van der Waals surface area (Å²) in [6, 6.07) is 10.7. The van der Waals surface area contributed by atoms with Crippen molar-refractivity contribution in [1.29, 1.82) is 0 Å². The van der Waals surface area contributed by atoms with E-state index in [1.54, 1.807) is 12.1 Å². The summed E-state index contributed by atoms with van der Waals surface area (Å²) in [7, 11) is -3.57. The number of halogens is 2. The summed E-state index contributed by atoms with van der Waals surface area (Å²) in [5.41, 5.74) is 1.59. The molecule has 1 saturated heterocycles. The number of benzene rings is 2. The van der Waals surface area contributed by atoms with Crippen LogP contribution in [0.4, 0.5) is 14.5 Å². The Morgan fingerprint density at radius 1 is 0.852 bits per heavy atom. The largest absolute Gasteiger partial charge is 0.369 e. The van der Waals surface area contributed by atoms with Gasteiger partial charge in [-0.1, -0.05) is 32.9 Å². The van der Waals surface area contributed by atoms with Crippen molar-refractivity contribution in [2.45, 2.75) is 31.1 Å². The normalized spacial score (nSPS) is 16.6. The Bertz CT molecular complexity index is 914. The molecule has 2 aromatic rings. The van der Waals surface area contributed by atoms with E-state index >= 15 is 0 Å². The van der Waals surface area contributed by atoms with Gasteiger partial charge >= 0.3 is 0 Å². The van der Waals surface area contributed by atoms with Crippen molar-refractivity contribution in [3.8, 4) is 0 Å². The minimum atomic E-state index is -3.57. The highest BCUT2D eigenvalue weighted by Crippen LogP contribution is 2.26. The molecular formula is C20H24F2N2O2S. The lowest BCUT2D eigenvalue weighted by Gasteiger charge is -2.35. The molecule has 0 radical (unpaired) electrons. The van der Waals surface area contributed by atoms with Gasteiger partial charge in [-0.05, 0) is 35.2 Å². The summed E-state index contributed by atoms with van der Waals surface area (Å²) in [6.45, 7) is 7.66. The molecule has 1 aliphatic rings. The zero-order chi connectivity index (χ0) is 19.8. The van der Waals surface area contributed by atoms with Crippen LogP contribution in [-0.4, -0.2) is 38.9 Å². The third-order valence-corrected chi connectivity index (χ3v) is 6.78. The first-order valence-electron chi connectivity index (χ1n) is 8.90. The van der Waals surface area contributed by atoms with E-state index in [-0.39, 0.29) is 10.3 Å². The highest BCUT2D eigenvalue weighted by atomic mass is 32.2. The number of nitrogens with zero attached hydrogens (tertiary/aromatic N) is 2. The van der Waals surface area contributed by atoms with E-state index in [9.17, 15) is 17.2 Å². The van der Waals surface area contributed by atoms with Gasteiger partial charge in [0, 0.05) is 37.9 Å². The molecule has 0 spiro atoms. The van der Waals surface area contributed by atoms with E-state index in [2.05, 4.69) is 20.8 Å². The van der Waals surface area contributed by atoms with E-state index in [1.807, 2.05) is 17.0 Å². The molecule has 1 fully saturated rings. The second-order valence-corrected chi connectivity index (χ2v) is 9.70. The predicted octanol–water partition coefficient (Wildman–Crippen LogP) is 3.77. The van der Waals surface area contributed by atoms with E-state index in [0.29, 0.717) is 31.9 Å². The molecule has 146 valence electrons. The van der Waals surface area contributed by atoms with Crippen LogP contribution < -0.4 is 4.90 Å². The van der Waals surface area contributed by atoms with Crippen molar-refractivity contribution in [2.24, 2.45) is 0 Å². The Labute approximate surface area is 159 Å². The van der Waals surface area contributed by atoms with Crippen molar-refractivity contribution in [3.63, 3.8) is 0 Å². The molecule has 0 saturated carbocycles. The summed E-state index contributed by atoms with van der Waals surface area (Å²) in [5, 5.41) is 0. The molecule has 0 aromatic heterocycles. The Hall–Kier alpha value is -1.99. The highest BCUT2D eigenvalue weighted by molar-refractivity contribution is 7.89. The van der Waals surface area contributed by atoms with Crippen molar-refractivity contribution >= 4 is 15.7 Å². The molecule has 0 aliphatic carbocycles. The Kier molecular flexibility index (Phi) is 5.27. The third-order valence-electron chi connectivity index (χ3n) is 4.87. The fraction of sp³-hybridized carbons (Fsp3) is 0.400. The maximum atomic E-state index is 13.4. The fourth-order valence-corrected chi connectivity index (χ4v) is 4.57. The van der Waals surface area contributed by atoms with Crippen molar-refractivity contribution in [2.75, 3.05) is 31.1 Å².